The van der Waals surface area contributed by atoms with Crippen molar-refractivity contribution in [2.45, 2.75) is 40.0 Å². The van der Waals surface area contributed by atoms with Crippen LogP contribution in [0, 0.1) is 5.41 Å². The molecule has 0 saturated carbocycles. The standard InChI is InChI=1S/C10H19NO3/c1-4-7-11-8(12)5-6-10(2,3)9(13)14/h4-7H2,1-3H3,(H,11,12)(H,13,14). The third kappa shape index (κ3) is 4.84. The molecule has 0 aromatic heterocycles. The number of amides is 1. The van der Waals surface area contributed by atoms with Gasteiger partial charge in [-0.2, -0.15) is 0 Å². The highest BCUT2D eigenvalue weighted by molar-refractivity contribution is 5.78. The highest BCUT2D eigenvalue weighted by Gasteiger charge is 2.27. The molecule has 0 aromatic rings. The molecule has 0 aromatic carbocycles. The Kier molecular flexibility index (Phi) is 5.20. The Bertz CT molecular complexity index is 211. The van der Waals surface area contributed by atoms with Crippen LogP contribution in [0.2, 0.25) is 0 Å². The van der Waals surface area contributed by atoms with E-state index in [1.807, 2.05) is 6.92 Å². The van der Waals surface area contributed by atoms with E-state index in [0.717, 1.165) is 6.42 Å². The van der Waals surface area contributed by atoms with Gasteiger partial charge in [0.15, 0.2) is 0 Å². The van der Waals surface area contributed by atoms with Crippen LogP contribution in [0.5, 0.6) is 0 Å². The zero-order valence-electron chi connectivity index (χ0n) is 9.09. The van der Waals surface area contributed by atoms with Gasteiger partial charge >= 0.3 is 5.97 Å². The van der Waals surface area contributed by atoms with E-state index >= 15 is 0 Å². The quantitative estimate of drug-likeness (QED) is 0.682. The Morgan fingerprint density at radius 2 is 1.93 bits per heavy atom. The maximum absolute atomic E-state index is 11.2. The van der Waals surface area contributed by atoms with Gasteiger partial charge in [-0.25, -0.2) is 0 Å². The maximum Gasteiger partial charge on any atom is 0.309 e. The van der Waals surface area contributed by atoms with Gasteiger partial charge in [0.05, 0.1) is 5.41 Å². The zero-order chi connectivity index (χ0) is 11.2. The number of nitrogens with one attached hydrogen (secondary N) is 1. The lowest BCUT2D eigenvalue weighted by Gasteiger charge is -2.18. The summed E-state index contributed by atoms with van der Waals surface area (Å²) in [5.74, 6) is -0.929. The summed E-state index contributed by atoms with van der Waals surface area (Å²) in [5.41, 5.74) is -0.816. The maximum atomic E-state index is 11.2. The predicted molar refractivity (Wildman–Crippen MR) is 54.0 cm³/mol. The summed E-state index contributed by atoms with van der Waals surface area (Å²) >= 11 is 0. The third-order valence-electron chi connectivity index (χ3n) is 2.13. The van der Waals surface area contributed by atoms with Gasteiger partial charge < -0.3 is 10.4 Å². The number of carbonyl (C=O) groups is 2. The van der Waals surface area contributed by atoms with Crippen molar-refractivity contribution in [3.8, 4) is 0 Å². The van der Waals surface area contributed by atoms with Gasteiger partial charge in [0, 0.05) is 13.0 Å². The molecule has 0 aliphatic carbocycles. The molecular formula is C10H19NO3. The largest absolute Gasteiger partial charge is 0.481 e. The van der Waals surface area contributed by atoms with Gasteiger partial charge in [-0.1, -0.05) is 6.92 Å². The van der Waals surface area contributed by atoms with Crippen molar-refractivity contribution >= 4 is 11.9 Å². The summed E-state index contributed by atoms with van der Waals surface area (Å²) in [6, 6.07) is 0. The molecule has 2 N–H and O–H groups in total. The van der Waals surface area contributed by atoms with Crippen molar-refractivity contribution in [2.24, 2.45) is 5.41 Å². The first-order valence-corrected chi connectivity index (χ1v) is 4.90. The Balaban J connectivity index is 3.82. The summed E-state index contributed by atoms with van der Waals surface area (Å²) in [5, 5.41) is 11.5. The van der Waals surface area contributed by atoms with E-state index in [1.165, 1.54) is 0 Å². The minimum atomic E-state index is -0.860. The van der Waals surface area contributed by atoms with E-state index in [0.29, 0.717) is 13.0 Å². The molecular weight excluding hydrogens is 182 g/mol. The van der Waals surface area contributed by atoms with Gasteiger partial charge in [0.25, 0.3) is 0 Å². The SMILES string of the molecule is CCCNC(=O)CCC(C)(C)C(=O)O. The van der Waals surface area contributed by atoms with E-state index in [2.05, 4.69) is 5.32 Å². The molecule has 14 heavy (non-hydrogen) atoms. The Labute approximate surface area is 84.7 Å². The van der Waals surface area contributed by atoms with Crippen LogP contribution >= 0.6 is 0 Å². The molecule has 0 unspecified atom stereocenters. The van der Waals surface area contributed by atoms with E-state index in [-0.39, 0.29) is 12.3 Å². The average molecular weight is 201 g/mol. The molecule has 82 valence electrons. The van der Waals surface area contributed by atoms with Gasteiger partial charge in [-0.3, -0.25) is 9.59 Å². The Hall–Kier alpha value is -1.06. The normalized spacial score (nSPS) is 11.1. The van der Waals surface area contributed by atoms with Crippen LogP contribution in [0.3, 0.4) is 0 Å². The van der Waals surface area contributed by atoms with Crippen molar-refractivity contribution in [3.05, 3.63) is 0 Å². The van der Waals surface area contributed by atoms with Crippen molar-refractivity contribution < 1.29 is 14.7 Å². The number of carboxylic acid groups (broad SMARTS) is 1. The second-order valence-electron chi connectivity index (χ2n) is 4.04. The summed E-state index contributed by atoms with van der Waals surface area (Å²) < 4.78 is 0. The number of carboxylic acids is 1. The first-order valence-electron chi connectivity index (χ1n) is 4.90. The molecule has 0 aliphatic heterocycles. The molecule has 0 radical (unpaired) electrons. The van der Waals surface area contributed by atoms with Crippen molar-refractivity contribution in [1.29, 1.82) is 0 Å². The van der Waals surface area contributed by atoms with Crippen LogP contribution < -0.4 is 5.32 Å². The molecule has 0 aliphatic rings. The highest BCUT2D eigenvalue weighted by atomic mass is 16.4. The fourth-order valence-corrected chi connectivity index (χ4v) is 0.886. The fraction of sp³-hybridized carbons (Fsp3) is 0.800. The van der Waals surface area contributed by atoms with Gasteiger partial charge in [0.1, 0.15) is 0 Å². The smallest absolute Gasteiger partial charge is 0.309 e. The topological polar surface area (TPSA) is 66.4 Å². The predicted octanol–water partition coefficient (Wildman–Crippen LogP) is 1.40. The Morgan fingerprint density at radius 1 is 1.36 bits per heavy atom. The lowest BCUT2D eigenvalue weighted by Crippen LogP contribution is -2.29. The molecule has 1 amide bonds. The molecule has 0 fully saturated rings. The van der Waals surface area contributed by atoms with Crippen LogP contribution in [0.1, 0.15) is 40.0 Å². The monoisotopic (exact) mass is 201 g/mol. The fourth-order valence-electron chi connectivity index (χ4n) is 0.886. The minimum absolute atomic E-state index is 0.0684. The number of rotatable bonds is 6. The van der Waals surface area contributed by atoms with Gasteiger partial charge in [-0.15, -0.1) is 0 Å². The summed E-state index contributed by atoms with van der Waals surface area (Å²) in [7, 11) is 0. The zero-order valence-corrected chi connectivity index (χ0v) is 9.09. The van der Waals surface area contributed by atoms with Gasteiger partial charge in [0.2, 0.25) is 5.91 Å². The highest BCUT2D eigenvalue weighted by Crippen LogP contribution is 2.21. The molecule has 0 atom stereocenters. The summed E-state index contributed by atoms with van der Waals surface area (Å²) in [4.78, 5) is 21.9. The Morgan fingerprint density at radius 3 is 2.36 bits per heavy atom. The van der Waals surface area contributed by atoms with Crippen molar-refractivity contribution in [2.75, 3.05) is 6.54 Å². The number of hydrogen-bond donors (Lipinski definition) is 2. The van der Waals surface area contributed by atoms with Crippen LogP contribution in [-0.4, -0.2) is 23.5 Å². The summed E-state index contributed by atoms with van der Waals surface area (Å²) in [6.45, 7) is 5.89. The van der Waals surface area contributed by atoms with E-state index in [9.17, 15) is 9.59 Å². The van der Waals surface area contributed by atoms with Crippen LogP contribution in [-0.2, 0) is 9.59 Å². The third-order valence-corrected chi connectivity index (χ3v) is 2.13. The number of aliphatic carboxylic acids is 1. The van der Waals surface area contributed by atoms with E-state index in [1.54, 1.807) is 13.8 Å². The van der Waals surface area contributed by atoms with Crippen molar-refractivity contribution in [1.82, 2.24) is 5.32 Å². The lowest BCUT2D eigenvalue weighted by atomic mass is 9.88. The van der Waals surface area contributed by atoms with Crippen LogP contribution in [0.4, 0.5) is 0 Å². The van der Waals surface area contributed by atoms with Crippen LogP contribution in [0.15, 0.2) is 0 Å². The lowest BCUT2D eigenvalue weighted by molar-refractivity contribution is -0.147. The molecule has 0 spiro atoms. The molecule has 0 saturated heterocycles. The molecule has 0 rings (SSSR count). The van der Waals surface area contributed by atoms with E-state index in [4.69, 9.17) is 5.11 Å². The molecule has 4 nitrogen and oxygen atoms in total. The summed E-state index contributed by atoms with van der Waals surface area (Å²) in [6.07, 6.45) is 1.55. The first kappa shape index (κ1) is 12.9. The first-order chi connectivity index (χ1) is 6.40. The van der Waals surface area contributed by atoms with E-state index < -0.39 is 11.4 Å². The second kappa shape index (κ2) is 5.62. The average Bonchev–Trinajstić information content (AvgIpc) is 2.11. The number of hydrogen-bond acceptors (Lipinski definition) is 2. The molecule has 4 heteroatoms. The molecule has 0 bridgehead atoms. The second-order valence-corrected chi connectivity index (χ2v) is 4.04. The molecule has 0 heterocycles. The van der Waals surface area contributed by atoms with Gasteiger partial charge in [-0.05, 0) is 26.7 Å². The van der Waals surface area contributed by atoms with Crippen LogP contribution in [0.25, 0.3) is 0 Å². The minimum Gasteiger partial charge on any atom is -0.481 e. The number of carbonyl (C=O) groups excluding carboxylic acids is 1. The van der Waals surface area contributed by atoms with Crippen molar-refractivity contribution in [3.63, 3.8) is 0 Å².